The fraction of sp³-hybridized carbons (Fsp3) is 0.375. The van der Waals surface area contributed by atoms with Crippen molar-refractivity contribution in [3.8, 4) is 5.69 Å². The van der Waals surface area contributed by atoms with Crippen LogP contribution in [0.4, 0.5) is 0 Å². The molecule has 0 spiro atoms. The summed E-state index contributed by atoms with van der Waals surface area (Å²) in [5.74, 6) is -0.0294. The third-order valence-corrected chi connectivity index (χ3v) is 3.85. The second-order valence-electron chi connectivity index (χ2n) is 5.29. The molecule has 1 fully saturated rings. The van der Waals surface area contributed by atoms with Gasteiger partial charge in [0, 0.05) is 11.7 Å². The lowest BCUT2D eigenvalue weighted by Gasteiger charge is -2.22. The molecule has 4 nitrogen and oxygen atoms in total. The molecule has 1 aromatic carbocycles. The smallest absolute Gasteiger partial charge is 0.270 e. The first kappa shape index (κ1) is 12.9. The van der Waals surface area contributed by atoms with Crippen LogP contribution in [0.5, 0.6) is 0 Å². The summed E-state index contributed by atoms with van der Waals surface area (Å²) in [4.78, 5) is 16.5. The summed E-state index contributed by atoms with van der Waals surface area (Å²) >= 11 is 0. The van der Waals surface area contributed by atoms with Crippen LogP contribution >= 0.6 is 0 Å². The molecular formula is C16H19N3O. The van der Waals surface area contributed by atoms with Crippen LogP contribution in [0.3, 0.4) is 0 Å². The van der Waals surface area contributed by atoms with Crippen molar-refractivity contribution >= 4 is 5.91 Å². The van der Waals surface area contributed by atoms with E-state index in [-0.39, 0.29) is 5.91 Å². The van der Waals surface area contributed by atoms with Crippen molar-refractivity contribution in [2.24, 2.45) is 0 Å². The Kier molecular flexibility index (Phi) is 3.81. The average molecular weight is 269 g/mol. The Hall–Kier alpha value is -2.10. The summed E-state index contributed by atoms with van der Waals surface area (Å²) in [5.41, 5.74) is 1.56. The normalized spacial score (nSPS) is 16.0. The maximum absolute atomic E-state index is 12.4. The second kappa shape index (κ2) is 5.90. The van der Waals surface area contributed by atoms with Crippen molar-refractivity contribution in [1.29, 1.82) is 0 Å². The number of aromatic nitrogens is 2. The minimum Gasteiger partial charge on any atom is -0.348 e. The van der Waals surface area contributed by atoms with Gasteiger partial charge < -0.3 is 5.32 Å². The first-order valence-electron chi connectivity index (χ1n) is 7.23. The quantitative estimate of drug-likeness (QED) is 0.931. The standard InChI is InChI=1S/C16H19N3O/c20-16(18-13-7-3-1-4-8-13)15-11-17-12-19(15)14-9-5-2-6-10-14/h2,5-6,9-13H,1,3-4,7-8H2,(H,18,20). The van der Waals surface area contributed by atoms with Crippen LogP contribution in [0.1, 0.15) is 42.6 Å². The van der Waals surface area contributed by atoms with Gasteiger partial charge in [-0.15, -0.1) is 0 Å². The number of nitrogens with zero attached hydrogens (tertiary/aromatic N) is 2. The molecule has 1 heterocycles. The molecule has 4 heteroatoms. The van der Waals surface area contributed by atoms with Crippen molar-refractivity contribution < 1.29 is 4.79 Å². The van der Waals surface area contributed by atoms with E-state index in [1.807, 2.05) is 34.9 Å². The molecule has 1 aliphatic carbocycles. The lowest BCUT2D eigenvalue weighted by molar-refractivity contribution is 0.0921. The molecule has 0 aliphatic heterocycles. The van der Waals surface area contributed by atoms with Crippen LogP contribution in [-0.2, 0) is 0 Å². The van der Waals surface area contributed by atoms with E-state index in [2.05, 4.69) is 10.3 Å². The van der Waals surface area contributed by atoms with E-state index in [0.29, 0.717) is 11.7 Å². The maximum atomic E-state index is 12.4. The van der Waals surface area contributed by atoms with Gasteiger partial charge in [-0.25, -0.2) is 4.98 Å². The number of hydrogen-bond donors (Lipinski definition) is 1. The van der Waals surface area contributed by atoms with Gasteiger partial charge in [-0.05, 0) is 25.0 Å². The summed E-state index contributed by atoms with van der Waals surface area (Å²) in [6.45, 7) is 0. The number of nitrogens with one attached hydrogen (secondary N) is 1. The van der Waals surface area contributed by atoms with Crippen LogP contribution in [0.15, 0.2) is 42.9 Å². The number of carbonyl (C=O) groups is 1. The highest BCUT2D eigenvalue weighted by atomic mass is 16.2. The summed E-state index contributed by atoms with van der Waals surface area (Å²) < 4.78 is 1.83. The molecule has 0 atom stereocenters. The summed E-state index contributed by atoms with van der Waals surface area (Å²) in [7, 11) is 0. The molecule has 0 saturated heterocycles. The number of hydrogen-bond acceptors (Lipinski definition) is 2. The Morgan fingerprint density at radius 2 is 1.90 bits per heavy atom. The molecule has 20 heavy (non-hydrogen) atoms. The highest BCUT2D eigenvalue weighted by Gasteiger charge is 2.19. The van der Waals surface area contributed by atoms with E-state index < -0.39 is 0 Å². The Balaban J connectivity index is 1.77. The fourth-order valence-electron chi connectivity index (χ4n) is 2.76. The monoisotopic (exact) mass is 269 g/mol. The number of rotatable bonds is 3. The van der Waals surface area contributed by atoms with Crippen molar-refractivity contribution in [2.75, 3.05) is 0 Å². The van der Waals surface area contributed by atoms with Crippen molar-refractivity contribution in [1.82, 2.24) is 14.9 Å². The molecular weight excluding hydrogens is 250 g/mol. The molecule has 3 rings (SSSR count). The number of para-hydroxylation sites is 1. The van der Waals surface area contributed by atoms with Gasteiger partial charge in [0.05, 0.1) is 12.5 Å². The molecule has 1 N–H and O–H groups in total. The summed E-state index contributed by atoms with van der Waals surface area (Å²) in [6, 6.07) is 10.1. The first-order chi connectivity index (χ1) is 9.84. The number of carbonyl (C=O) groups excluding carboxylic acids is 1. The molecule has 0 unspecified atom stereocenters. The van der Waals surface area contributed by atoms with Gasteiger partial charge >= 0.3 is 0 Å². The molecule has 104 valence electrons. The largest absolute Gasteiger partial charge is 0.348 e. The Morgan fingerprint density at radius 3 is 2.65 bits per heavy atom. The SMILES string of the molecule is O=C(NC1CCCCC1)c1cncn1-c1ccccc1. The van der Waals surface area contributed by atoms with Crippen LogP contribution in [0.2, 0.25) is 0 Å². The maximum Gasteiger partial charge on any atom is 0.270 e. The minimum absolute atomic E-state index is 0.0294. The third-order valence-electron chi connectivity index (χ3n) is 3.85. The highest BCUT2D eigenvalue weighted by Crippen LogP contribution is 2.18. The minimum atomic E-state index is -0.0294. The third kappa shape index (κ3) is 2.74. The highest BCUT2D eigenvalue weighted by molar-refractivity contribution is 5.93. The lowest BCUT2D eigenvalue weighted by atomic mass is 9.95. The van der Waals surface area contributed by atoms with Crippen molar-refractivity contribution in [3.63, 3.8) is 0 Å². The second-order valence-corrected chi connectivity index (χ2v) is 5.29. The number of imidazole rings is 1. The number of amides is 1. The zero-order valence-corrected chi connectivity index (χ0v) is 11.5. The van der Waals surface area contributed by atoms with E-state index in [1.54, 1.807) is 12.5 Å². The fourth-order valence-corrected chi connectivity index (χ4v) is 2.76. The first-order valence-corrected chi connectivity index (χ1v) is 7.23. The molecule has 0 bridgehead atoms. The van der Waals surface area contributed by atoms with Gasteiger partial charge in [-0.2, -0.15) is 0 Å². The lowest BCUT2D eigenvalue weighted by Crippen LogP contribution is -2.37. The van der Waals surface area contributed by atoms with Crippen LogP contribution in [0, 0.1) is 0 Å². The molecule has 1 aromatic heterocycles. The van der Waals surface area contributed by atoms with Gasteiger partial charge in [0.15, 0.2) is 0 Å². The Morgan fingerprint density at radius 1 is 1.15 bits per heavy atom. The molecule has 1 saturated carbocycles. The molecule has 1 amide bonds. The van der Waals surface area contributed by atoms with Gasteiger partial charge in [0.25, 0.3) is 5.91 Å². The zero-order chi connectivity index (χ0) is 13.8. The Bertz CT molecular complexity index is 570. The van der Waals surface area contributed by atoms with Gasteiger partial charge in [0.2, 0.25) is 0 Å². The van der Waals surface area contributed by atoms with Gasteiger partial charge in [-0.1, -0.05) is 37.5 Å². The Labute approximate surface area is 118 Å². The number of benzene rings is 1. The zero-order valence-electron chi connectivity index (χ0n) is 11.5. The van der Waals surface area contributed by atoms with E-state index in [1.165, 1.54) is 19.3 Å². The predicted molar refractivity (Wildman–Crippen MR) is 77.9 cm³/mol. The van der Waals surface area contributed by atoms with Crippen molar-refractivity contribution in [3.05, 3.63) is 48.5 Å². The average Bonchev–Trinajstić information content (AvgIpc) is 2.99. The topological polar surface area (TPSA) is 46.9 Å². The van der Waals surface area contributed by atoms with E-state index >= 15 is 0 Å². The summed E-state index contributed by atoms with van der Waals surface area (Å²) in [5, 5.41) is 3.13. The predicted octanol–water partition coefficient (Wildman–Crippen LogP) is 2.93. The van der Waals surface area contributed by atoms with E-state index in [4.69, 9.17) is 0 Å². The molecule has 2 aromatic rings. The van der Waals surface area contributed by atoms with Crippen molar-refractivity contribution in [2.45, 2.75) is 38.1 Å². The molecule has 0 radical (unpaired) electrons. The summed E-state index contributed by atoms with van der Waals surface area (Å²) in [6.07, 6.45) is 9.20. The van der Waals surface area contributed by atoms with E-state index in [9.17, 15) is 4.79 Å². The van der Waals surface area contributed by atoms with Gasteiger partial charge in [-0.3, -0.25) is 9.36 Å². The van der Waals surface area contributed by atoms with Crippen LogP contribution in [-0.4, -0.2) is 21.5 Å². The van der Waals surface area contributed by atoms with Crippen LogP contribution in [0.25, 0.3) is 5.69 Å². The van der Waals surface area contributed by atoms with Gasteiger partial charge in [0.1, 0.15) is 5.69 Å². The van der Waals surface area contributed by atoms with Crippen LogP contribution < -0.4 is 5.32 Å². The van der Waals surface area contributed by atoms with E-state index in [0.717, 1.165) is 18.5 Å². The molecule has 1 aliphatic rings.